The predicted molar refractivity (Wildman–Crippen MR) is 56.1 cm³/mol. The molecule has 1 aliphatic carbocycles. The third kappa shape index (κ3) is 1.97. The summed E-state index contributed by atoms with van der Waals surface area (Å²) >= 11 is 0. The van der Waals surface area contributed by atoms with Crippen molar-refractivity contribution >= 4 is 12.4 Å². The number of carbonyl (C=O) groups excluding carboxylic acids is 1. The Morgan fingerprint density at radius 3 is 2.23 bits per heavy atom. The molecule has 2 aliphatic rings. The third-order valence-electron chi connectivity index (χ3n) is 3.93. The van der Waals surface area contributed by atoms with Crippen molar-refractivity contribution in [2.45, 2.75) is 51.7 Å². The molecule has 72 valence electrons. The van der Waals surface area contributed by atoms with E-state index in [1.807, 2.05) is 0 Å². The fourth-order valence-electron chi connectivity index (χ4n) is 2.57. The normalized spacial score (nSPS) is 25.8. The van der Waals surface area contributed by atoms with Crippen molar-refractivity contribution < 1.29 is 4.79 Å². The second-order valence-electron chi connectivity index (χ2n) is 4.99. The van der Waals surface area contributed by atoms with Crippen molar-refractivity contribution in [1.82, 2.24) is 0 Å². The average Bonchev–Trinajstić information content (AvgIpc) is 2.02. The zero-order valence-electron chi connectivity index (χ0n) is 8.59. The molecule has 0 amide bonds. The SMILES string of the molecule is CC1CCB(C(=O)C2CCC2)CC1. The Balaban J connectivity index is 1.83. The van der Waals surface area contributed by atoms with Crippen LogP contribution in [-0.4, -0.2) is 12.4 Å². The van der Waals surface area contributed by atoms with Crippen LogP contribution in [0.25, 0.3) is 0 Å². The summed E-state index contributed by atoms with van der Waals surface area (Å²) < 4.78 is 0. The van der Waals surface area contributed by atoms with E-state index in [1.54, 1.807) is 0 Å². The quantitative estimate of drug-likeness (QED) is 0.594. The highest BCUT2D eigenvalue weighted by Crippen LogP contribution is 2.32. The maximum atomic E-state index is 11.9. The Bertz CT molecular complexity index is 190. The minimum absolute atomic E-state index is 0.446. The maximum Gasteiger partial charge on any atom is 0.223 e. The van der Waals surface area contributed by atoms with Gasteiger partial charge < -0.3 is 4.79 Å². The zero-order chi connectivity index (χ0) is 9.26. The van der Waals surface area contributed by atoms with Crippen LogP contribution in [0.5, 0.6) is 0 Å². The van der Waals surface area contributed by atoms with Crippen LogP contribution in [0.4, 0.5) is 0 Å². The molecule has 0 aromatic carbocycles. The van der Waals surface area contributed by atoms with Gasteiger partial charge in [0.25, 0.3) is 0 Å². The Morgan fingerprint density at radius 2 is 1.77 bits per heavy atom. The summed E-state index contributed by atoms with van der Waals surface area (Å²) in [6.45, 7) is 2.76. The first-order valence-electron chi connectivity index (χ1n) is 5.81. The standard InChI is InChI=1S/C11H19BO/c1-9-5-7-12(8-6-9)11(13)10-3-2-4-10/h9-10H,2-8H2,1H3. The minimum Gasteiger partial charge on any atom is -0.311 e. The van der Waals surface area contributed by atoms with E-state index in [4.69, 9.17) is 0 Å². The monoisotopic (exact) mass is 178 g/mol. The molecule has 1 heterocycles. The number of carbonyl (C=O) groups is 1. The summed E-state index contributed by atoms with van der Waals surface area (Å²) in [7, 11) is 0. The molecule has 1 saturated heterocycles. The van der Waals surface area contributed by atoms with Gasteiger partial charge in [-0.25, -0.2) is 0 Å². The molecule has 13 heavy (non-hydrogen) atoms. The highest BCUT2D eigenvalue weighted by atomic mass is 16.1. The number of rotatable bonds is 2. The van der Waals surface area contributed by atoms with E-state index in [0.717, 1.165) is 5.92 Å². The lowest BCUT2D eigenvalue weighted by Crippen LogP contribution is -2.37. The van der Waals surface area contributed by atoms with E-state index in [0.29, 0.717) is 18.3 Å². The predicted octanol–water partition coefficient (Wildman–Crippen LogP) is 2.82. The van der Waals surface area contributed by atoms with E-state index in [-0.39, 0.29) is 0 Å². The molecule has 0 aromatic rings. The summed E-state index contributed by atoms with van der Waals surface area (Å²) in [5.74, 6) is 1.34. The Hall–Kier alpha value is -0.265. The smallest absolute Gasteiger partial charge is 0.223 e. The van der Waals surface area contributed by atoms with Gasteiger partial charge in [0.2, 0.25) is 6.71 Å². The van der Waals surface area contributed by atoms with E-state index in [9.17, 15) is 4.79 Å². The molecule has 1 aliphatic heterocycles. The molecule has 0 spiro atoms. The summed E-state index contributed by atoms with van der Waals surface area (Å²) in [5, 5.41) is 0. The first-order chi connectivity index (χ1) is 6.27. The highest BCUT2D eigenvalue weighted by Gasteiger charge is 2.34. The van der Waals surface area contributed by atoms with Crippen molar-refractivity contribution in [2.24, 2.45) is 11.8 Å². The van der Waals surface area contributed by atoms with Gasteiger partial charge >= 0.3 is 0 Å². The number of hydrogen-bond acceptors (Lipinski definition) is 1. The fraction of sp³-hybridized carbons (Fsp3) is 0.909. The maximum absolute atomic E-state index is 11.9. The molecular weight excluding hydrogens is 159 g/mol. The third-order valence-corrected chi connectivity index (χ3v) is 3.93. The van der Waals surface area contributed by atoms with Gasteiger partial charge in [-0.05, 0) is 18.8 Å². The molecule has 0 unspecified atom stereocenters. The molecule has 2 heteroatoms. The van der Waals surface area contributed by atoms with Crippen LogP contribution < -0.4 is 0 Å². The lowest BCUT2D eigenvalue weighted by Gasteiger charge is -2.30. The van der Waals surface area contributed by atoms with Gasteiger partial charge in [-0.1, -0.05) is 38.8 Å². The molecule has 0 aromatic heterocycles. The van der Waals surface area contributed by atoms with Gasteiger partial charge in [0.05, 0.1) is 5.68 Å². The van der Waals surface area contributed by atoms with Crippen LogP contribution in [0.2, 0.25) is 12.6 Å². The molecule has 2 rings (SSSR count). The largest absolute Gasteiger partial charge is 0.311 e. The van der Waals surface area contributed by atoms with Crippen molar-refractivity contribution in [3.63, 3.8) is 0 Å². The Morgan fingerprint density at radius 1 is 1.15 bits per heavy atom. The van der Waals surface area contributed by atoms with Gasteiger partial charge in [-0.3, -0.25) is 0 Å². The van der Waals surface area contributed by atoms with E-state index >= 15 is 0 Å². The van der Waals surface area contributed by atoms with Crippen molar-refractivity contribution in [1.29, 1.82) is 0 Å². The van der Waals surface area contributed by atoms with E-state index < -0.39 is 0 Å². The molecule has 0 N–H and O–H groups in total. The molecule has 0 radical (unpaired) electrons. The first-order valence-corrected chi connectivity index (χ1v) is 5.81. The highest BCUT2D eigenvalue weighted by molar-refractivity contribution is 6.90. The lowest BCUT2D eigenvalue weighted by molar-refractivity contribution is -0.118. The Labute approximate surface area is 81.4 Å². The summed E-state index contributed by atoms with van der Waals surface area (Å²) in [6.07, 6.45) is 8.58. The lowest BCUT2D eigenvalue weighted by atomic mass is 9.35. The summed E-state index contributed by atoms with van der Waals surface area (Å²) in [4.78, 5) is 11.9. The minimum atomic E-state index is 0.446. The molecule has 1 saturated carbocycles. The molecule has 2 fully saturated rings. The van der Waals surface area contributed by atoms with Gasteiger partial charge in [0.15, 0.2) is 0 Å². The van der Waals surface area contributed by atoms with Crippen LogP contribution in [0.15, 0.2) is 0 Å². The van der Waals surface area contributed by atoms with Gasteiger partial charge in [0, 0.05) is 5.92 Å². The van der Waals surface area contributed by atoms with Crippen LogP contribution in [0.1, 0.15) is 39.0 Å². The van der Waals surface area contributed by atoms with Crippen molar-refractivity contribution in [3.05, 3.63) is 0 Å². The average molecular weight is 178 g/mol. The second-order valence-corrected chi connectivity index (χ2v) is 4.99. The van der Waals surface area contributed by atoms with E-state index in [2.05, 4.69) is 6.92 Å². The molecule has 1 nitrogen and oxygen atoms in total. The molecule has 0 bridgehead atoms. The summed E-state index contributed by atoms with van der Waals surface area (Å²) in [6, 6.07) is 0. The van der Waals surface area contributed by atoms with Crippen molar-refractivity contribution in [2.75, 3.05) is 0 Å². The zero-order valence-corrected chi connectivity index (χ0v) is 8.59. The van der Waals surface area contributed by atoms with Gasteiger partial charge in [0.1, 0.15) is 0 Å². The molecule has 0 atom stereocenters. The van der Waals surface area contributed by atoms with E-state index in [1.165, 1.54) is 44.7 Å². The number of hydrogen-bond donors (Lipinski definition) is 0. The first kappa shape index (κ1) is 9.30. The van der Waals surface area contributed by atoms with Gasteiger partial charge in [-0.2, -0.15) is 0 Å². The van der Waals surface area contributed by atoms with Crippen LogP contribution in [0.3, 0.4) is 0 Å². The second kappa shape index (κ2) is 3.85. The van der Waals surface area contributed by atoms with Crippen LogP contribution in [0, 0.1) is 11.8 Å². The molecular formula is C11H19BO. The van der Waals surface area contributed by atoms with Crippen LogP contribution >= 0.6 is 0 Å². The summed E-state index contributed by atoms with van der Waals surface area (Å²) in [5.41, 5.74) is 0.609. The topological polar surface area (TPSA) is 17.1 Å². The van der Waals surface area contributed by atoms with Crippen molar-refractivity contribution in [3.8, 4) is 0 Å². The van der Waals surface area contributed by atoms with Gasteiger partial charge in [-0.15, -0.1) is 0 Å². The van der Waals surface area contributed by atoms with Crippen LogP contribution in [-0.2, 0) is 4.79 Å². The fourth-order valence-corrected chi connectivity index (χ4v) is 2.57. The Kier molecular flexibility index (Phi) is 2.76.